The van der Waals surface area contributed by atoms with Gasteiger partial charge in [-0.05, 0) is 17.7 Å². The van der Waals surface area contributed by atoms with Crippen LogP contribution in [0.4, 0.5) is 10.1 Å². The van der Waals surface area contributed by atoms with Gasteiger partial charge in [-0.1, -0.05) is 6.07 Å². The molecule has 8 heteroatoms. The first-order valence-electron chi connectivity index (χ1n) is 6.02. The monoisotopic (exact) mass is 288 g/mol. The number of rotatable bonds is 3. The van der Waals surface area contributed by atoms with Gasteiger partial charge in [0.15, 0.2) is 0 Å². The van der Waals surface area contributed by atoms with E-state index in [1.54, 1.807) is 12.3 Å². The Morgan fingerprint density at radius 1 is 1.29 bits per heavy atom. The predicted molar refractivity (Wildman–Crippen MR) is 71.6 cm³/mol. The van der Waals surface area contributed by atoms with Gasteiger partial charge in [0.25, 0.3) is 5.56 Å². The smallest absolute Gasteiger partial charge is 0.304 e. The molecule has 3 rings (SSSR count). The van der Waals surface area contributed by atoms with Gasteiger partial charge in [-0.25, -0.2) is 4.52 Å². The van der Waals surface area contributed by atoms with Crippen LogP contribution in [0.25, 0.3) is 5.52 Å². The number of hydrogen-bond donors (Lipinski definition) is 0. The lowest BCUT2D eigenvalue weighted by Gasteiger charge is -2.06. The van der Waals surface area contributed by atoms with E-state index in [1.807, 2.05) is 0 Å². The van der Waals surface area contributed by atoms with Crippen molar-refractivity contribution in [2.75, 3.05) is 0 Å². The Labute approximate surface area is 117 Å². The molecule has 0 bridgehead atoms. The summed E-state index contributed by atoms with van der Waals surface area (Å²) in [6.45, 7) is 0.120. The third kappa shape index (κ3) is 2.27. The van der Waals surface area contributed by atoms with E-state index in [-0.39, 0.29) is 12.1 Å². The summed E-state index contributed by atoms with van der Waals surface area (Å²) >= 11 is 0. The number of aromatic nitrogens is 3. The second kappa shape index (κ2) is 4.82. The van der Waals surface area contributed by atoms with Crippen LogP contribution in [0, 0.1) is 15.9 Å². The summed E-state index contributed by atoms with van der Waals surface area (Å²) in [6, 6.07) is 5.15. The zero-order chi connectivity index (χ0) is 15.0. The van der Waals surface area contributed by atoms with Crippen molar-refractivity contribution in [2.45, 2.75) is 6.54 Å². The Morgan fingerprint density at radius 2 is 2.10 bits per heavy atom. The number of nitrogens with zero attached hydrogens (tertiary/aromatic N) is 4. The Hall–Kier alpha value is -3.03. The molecule has 0 spiro atoms. The van der Waals surface area contributed by atoms with Crippen molar-refractivity contribution in [2.24, 2.45) is 0 Å². The topological polar surface area (TPSA) is 82.4 Å². The molecule has 7 nitrogen and oxygen atoms in total. The van der Waals surface area contributed by atoms with Crippen LogP contribution >= 0.6 is 0 Å². The normalized spacial score (nSPS) is 10.9. The van der Waals surface area contributed by atoms with Gasteiger partial charge in [0.05, 0.1) is 17.7 Å². The summed E-state index contributed by atoms with van der Waals surface area (Å²) < 4.78 is 16.4. The van der Waals surface area contributed by atoms with Gasteiger partial charge in [0, 0.05) is 18.5 Å². The second-order valence-electron chi connectivity index (χ2n) is 4.44. The lowest BCUT2D eigenvalue weighted by Crippen LogP contribution is -2.21. The van der Waals surface area contributed by atoms with Gasteiger partial charge in [0.1, 0.15) is 5.52 Å². The van der Waals surface area contributed by atoms with Crippen molar-refractivity contribution in [3.05, 3.63) is 74.7 Å². The van der Waals surface area contributed by atoms with Gasteiger partial charge in [-0.3, -0.25) is 14.9 Å². The molecule has 0 aliphatic rings. The maximum absolute atomic E-state index is 13.6. The van der Waals surface area contributed by atoms with Crippen LogP contribution in [0.3, 0.4) is 0 Å². The van der Waals surface area contributed by atoms with Crippen molar-refractivity contribution < 1.29 is 9.31 Å². The number of fused-ring (bicyclic) bond motifs is 1. The largest absolute Gasteiger partial charge is 0.308 e. The van der Waals surface area contributed by atoms with E-state index in [2.05, 4.69) is 5.10 Å². The zero-order valence-electron chi connectivity index (χ0n) is 10.6. The van der Waals surface area contributed by atoms with Crippen LogP contribution in [0.1, 0.15) is 5.56 Å². The van der Waals surface area contributed by atoms with Gasteiger partial charge in [-0.2, -0.15) is 9.49 Å². The highest BCUT2D eigenvalue weighted by molar-refractivity contribution is 5.42. The van der Waals surface area contributed by atoms with E-state index in [9.17, 15) is 19.3 Å². The minimum atomic E-state index is -0.920. The SMILES string of the molecule is O=c1c2ccnn2ccn1Cc1ccc([N+](=O)[O-])c(F)c1. The molecule has 0 aliphatic heterocycles. The molecule has 106 valence electrons. The van der Waals surface area contributed by atoms with Crippen molar-refractivity contribution in [3.8, 4) is 0 Å². The summed E-state index contributed by atoms with van der Waals surface area (Å²) in [6.07, 6.45) is 4.65. The highest BCUT2D eigenvalue weighted by Crippen LogP contribution is 2.18. The standard InChI is InChI=1S/C13H9FN4O3/c14-10-7-9(1-2-11(10)18(20)21)8-16-5-6-17-12(13(16)19)3-4-15-17/h1-7H,8H2. The van der Waals surface area contributed by atoms with Gasteiger partial charge < -0.3 is 4.57 Å². The summed E-state index contributed by atoms with van der Waals surface area (Å²) in [5.41, 5.74) is 0.00930. The van der Waals surface area contributed by atoms with E-state index in [0.717, 1.165) is 12.1 Å². The van der Waals surface area contributed by atoms with E-state index in [1.165, 1.54) is 27.5 Å². The van der Waals surface area contributed by atoms with E-state index >= 15 is 0 Å². The van der Waals surface area contributed by atoms with Gasteiger partial charge in [0.2, 0.25) is 5.82 Å². The fourth-order valence-corrected chi connectivity index (χ4v) is 2.08. The fraction of sp³-hybridized carbons (Fsp3) is 0.0769. The van der Waals surface area contributed by atoms with Crippen molar-refractivity contribution in [1.29, 1.82) is 0 Å². The van der Waals surface area contributed by atoms with Gasteiger partial charge in [-0.15, -0.1) is 0 Å². The van der Waals surface area contributed by atoms with Crippen LogP contribution < -0.4 is 5.56 Å². The van der Waals surface area contributed by atoms with Crippen LogP contribution in [-0.4, -0.2) is 19.1 Å². The molecule has 0 saturated carbocycles. The number of hydrogen-bond acceptors (Lipinski definition) is 4. The van der Waals surface area contributed by atoms with E-state index in [4.69, 9.17) is 0 Å². The molecule has 0 radical (unpaired) electrons. The molecule has 21 heavy (non-hydrogen) atoms. The molecule has 0 amide bonds. The summed E-state index contributed by atoms with van der Waals surface area (Å²) in [7, 11) is 0. The molecule has 2 heterocycles. The average molecular weight is 288 g/mol. The van der Waals surface area contributed by atoms with Crippen molar-refractivity contribution >= 4 is 11.2 Å². The van der Waals surface area contributed by atoms with E-state index < -0.39 is 16.4 Å². The van der Waals surface area contributed by atoms with Crippen molar-refractivity contribution in [1.82, 2.24) is 14.2 Å². The third-order valence-corrected chi connectivity index (χ3v) is 3.10. The molecule has 0 fully saturated rings. The zero-order valence-corrected chi connectivity index (χ0v) is 10.6. The molecule has 0 saturated heterocycles. The first-order chi connectivity index (χ1) is 10.1. The maximum Gasteiger partial charge on any atom is 0.304 e. The summed E-state index contributed by atoms with van der Waals surface area (Å²) in [5.74, 6) is -0.920. The molecule has 0 atom stereocenters. The third-order valence-electron chi connectivity index (χ3n) is 3.10. The minimum Gasteiger partial charge on any atom is -0.308 e. The molecule has 0 N–H and O–H groups in total. The average Bonchev–Trinajstić information content (AvgIpc) is 2.91. The van der Waals surface area contributed by atoms with Gasteiger partial charge >= 0.3 is 5.69 Å². The number of halogens is 1. The Morgan fingerprint density at radius 3 is 2.81 bits per heavy atom. The van der Waals surface area contributed by atoms with E-state index in [0.29, 0.717) is 11.1 Å². The molecule has 1 aromatic carbocycles. The molecular weight excluding hydrogens is 279 g/mol. The van der Waals surface area contributed by atoms with Crippen LogP contribution in [0.5, 0.6) is 0 Å². The van der Waals surface area contributed by atoms with Crippen molar-refractivity contribution in [3.63, 3.8) is 0 Å². The number of benzene rings is 1. The Bertz CT molecular complexity index is 900. The van der Waals surface area contributed by atoms with Crippen LogP contribution in [-0.2, 0) is 6.54 Å². The second-order valence-corrected chi connectivity index (χ2v) is 4.44. The summed E-state index contributed by atoms with van der Waals surface area (Å²) in [5, 5.41) is 14.5. The number of nitro groups is 1. The quantitative estimate of drug-likeness (QED) is 0.541. The molecule has 0 aliphatic carbocycles. The minimum absolute atomic E-state index is 0.120. The Kier molecular flexibility index (Phi) is 2.98. The highest BCUT2D eigenvalue weighted by atomic mass is 19.1. The lowest BCUT2D eigenvalue weighted by molar-refractivity contribution is -0.387. The first-order valence-corrected chi connectivity index (χ1v) is 6.02. The number of nitro benzene ring substituents is 1. The fourth-order valence-electron chi connectivity index (χ4n) is 2.08. The Balaban J connectivity index is 1.99. The maximum atomic E-state index is 13.6. The summed E-state index contributed by atoms with van der Waals surface area (Å²) in [4.78, 5) is 21.9. The highest BCUT2D eigenvalue weighted by Gasteiger charge is 2.14. The molecule has 3 aromatic rings. The van der Waals surface area contributed by atoms with Crippen LogP contribution in [0.2, 0.25) is 0 Å². The molecular formula is C13H9FN4O3. The molecule has 2 aromatic heterocycles. The predicted octanol–water partition coefficient (Wildman–Crippen LogP) is 1.59. The molecule has 0 unspecified atom stereocenters. The lowest BCUT2D eigenvalue weighted by atomic mass is 10.2. The first kappa shape index (κ1) is 13.0. The van der Waals surface area contributed by atoms with Crippen LogP contribution in [0.15, 0.2) is 47.7 Å².